The molecule has 0 spiro atoms. The molecule has 6 heteroatoms. The van der Waals surface area contributed by atoms with Crippen LogP contribution in [0.5, 0.6) is 0 Å². The van der Waals surface area contributed by atoms with Crippen LogP contribution in [0.4, 0.5) is 0 Å². The van der Waals surface area contributed by atoms with Gasteiger partial charge >= 0.3 is 5.97 Å². The summed E-state index contributed by atoms with van der Waals surface area (Å²) in [6, 6.07) is 9.50. The van der Waals surface area contributed by atoms with Crippen LogP contribution in [0.2, 0.25) is 0 Å². The number of hydrogen-bond donors (Lipinski definition) is 1. The van der Waals surface area contributed by atoms with E-state index in [1.165, 1.54) is 16.2 Å². The van der Waals surface area contributed by atoms with Crippen molar-refractivity contribution >= 4 is 23.2 Å². The maximum atomic E-state index is 12.5. The number of amides is 1. The topological polar surface area (TPSA) is 70.5 Å². The first-order chi connectivity index (χ1) is 10.1. The molecule has 2 aromatic rings. The molecule has 21 heavy (non-hydrogen) atoms. The first kappa shape index (κ1) is 15.2. The van der Waals surface area contributed by atoms with Crippen LogP contribution in [-0.4, -0.2) is 40.0 Å². The molecule has 0 aliphatic carbocycles. The Labute approximate surface area is 126 Å². The van der Waals surface area contributed by atoms with Crippen molar-refractivity contribution in [3.63, 3.8) is 0 Å². The van der Waals surface area contributed by atoms with E-state index in [4.69, 9.17) is 5.11 Å². The largest absolute Gasteiger partial charge is 0.481 e. The van der Waals surface area contributed by atoms with Gasteiger partial charge in [0.05, 0.1) is 17.6 Å². The third-order valence-corrected chi connectivity index (χ3v) is 3.89. The zero-order valence-corrected chi connectivity index (χ0v) is 12.5. The maximum Gasteiger partial charge on any atom is 0.305 e. The van der Waals surface area contributed by atoms with Gasteiger partial charge in [0.15, 0.2) is 0 Å². The zero-order valence-electron chi connectivity index (χ0n) is 11.7. The van der Waals surface area contributed by atoms with Crippen LogP contribution >= 0.6 is 11.3 Å². The quantitative estimate of drug-likeness (QED) is 0.891. The number of carbonyl (C=O) groups excluding carboxylic acids is 1. The second kappa shape index (κ2) is 6.99. The lowest BCUT2D eigenvalue weighted by Crippen LogP contribution is -2.32. The lowest BCUT2D eigenvalue weighted by molar-refractivity contribution is -0.137. The van der Waals surface area contributed by atoms with Gasteiger partial charge in [-0.05, 0) is 6.92 Å². The average Bonchev–Trinajstić information content (AvgIpc) is 2.97. The number of carbonyl (C=O) groups is 2. The van der Waals surface area contributed by atoms with E-state index in [0.29, 0.717) is 17.1 Å². The summed E-state index contributed by atoms with van der Waals surface area (Å²) in [6.07, 6.45) is -0.0565. The third-order valence-electron chi connectivity index (χ3n) is 3.07. The second-order valence-corrected chi connectivity index (χ2v) is 5.28. The minimum atomic E-state index is -0.908. The number of benzene rings is 1. The molecule has 0 bridgehead atoms. The molecule has 0 atom stereocenters. The number of thiazole rings is 1. The molecule has 0 aliphatic heterocycles. The van der Waals surface area contributed by atoms with E-state index < -0.39 is 5.97 Å². The Balaban J connectivity index is 2.23. The van der Waals surface area contributed by atoms with Gasteiger partial charge in [0.1, 0.15) is 4.88 Å². The number of rotatable bonds is 6. The minimum Gasteiger partial charge on any atom is -0.481 e. The van der Waals surface area contributed by atoms with Gasteiger partial charge in [-0.25, -0.2) is 4.98 Å². The lowest BCUT2D eigenvalue weighted by atomic mass is 10.1. The van der Waals surface area contributed by atoms with Crippen LogP contribution in [0.3, 0.4) is 0 Å². The predicted molar refractivity (Wildman–Crippen MR) is 81.4 cm³/mol. The Hall–Kier alpha value is -2.21. The van der Waals surface area contributed by atoms with Crippen molar-refractivity contribution in [2.24, 2.45) is 0 Å². The van der Waals surface area contributed by atoms with Crippen LogP contribution in [0.15, 0.2) is 35.8 Å². The predicted octanol–water partition coefficient (Wildman–Crippen LogP) is 2.75. The highest BCUT2D eigenvalue weighted by atomic mass is 32.1. The van der Waals surface area contributed by atoms with Crippen LogP contribution in [0.25, 0.3) is 11.3 Å². The zero-order chi connectivity index (χ0) is 15.2. The summed E-state index contributed by atoms with van der Waals surface area (Å²) in [5.41, 5.74) is 3.18. The monoisotopic (exact) mass is 304 g/mol. The van der Waals surface area contributed by atoms with Gasteiger partial charge in [-0.2, -0.15) is 0 Å². The summed E-state index contributed by atoms with van der Waals surface area (Å²) < 4.78 is 0. The summed E-state index contributed by atoms with van der Waals surface area (Å²) in [5, 5.41) is 8.76. The van der Waals surface area contributed by atoms with Crippen molar-refractivity contribution in [3.8, 4) is 11.3 Å². The number of carboxylic acids is 1. The molecule has 2 rings (SSSR count). The molecule has 0 unspecified atom stereocenters. The van der Waals surface area contributed by atoms with Crippen molar-refractivity contribution < 1.29 is 14.7 Å². The van der Waals surface area contributed by atoms with Crippen molar-refractivity contribution in [2.75, 3.05) is 13.1 Å². The summed E-state index contributed by atoms with van der Waals surface area (Å²) in [5.74, 6) is -1.08. The maximum absolute atomic E-state index is 12.5. The molecule has 1 aromatic heterocycles. The Bertz CT molecular complexity index is 625. The molecular formula is C15H16N2O3S. The van der Waals surface area contributed by atoms with Crippen molar-refractivity contribution in [1.29, 1.82) is 0 Å². The molecule has 0 saturated carbocycles. The van der Waals surface area contributed by atoms with E-state index in [0.717, 1.165) is 5.56 Å². The summed E-state index contributed by atoms with van der Waals surface area (Å²) >= 11 is 1.28. The fraction of sp³-hybridized carbons (Fsp3) is 0.267. The number of hydrogen-bond acceptors (Lipinski definition) is 4. The number of aliphatic carboxylic acids is 1. The van der Waals surface area contributed by atoms with E-state index in [1.54, 1.807) is 5.51 Å². The smallest absolute Gasteiger partial charge is 0.305 e. The summed E-state index contributed by atoms with van der Waals surface area (Å²) in [6.45, 7) is 2.51. The van der Waals surface area contributed by atoms with Gasteiger partial charge in [-0.15, -0.1) is 11.3 Å². The lowest BCUT2D eigenvalue weighted by Gasteiger charge is -2.19. The van der Waals surface area contributed by atoms with E-state index in [-0.39, 0.29) is 18.9 Å². The van der Waals surface area contributed by atoms with Crippen molar-refractivity contribution in [1.82, 2.24) is 9.88 Å². The highest BCUT2D eigenvalue weighted by molar-refractivity contribution is 7.12. The highest BCUT2D eigenvalue weighted by Crippen LogP contribution is 2.26. The summed E-state index contributed by atoms with van der Waals surface area (Å²) in [7, 11) is 0. The average molecular weight is 304 g/mol. The fourth-order valence-electron chi connectivity index (χ4n) is 1.98. The molecule has 1 amide bonds. The number of aromatic nitrogens is 1. The van der Waals surface area contributed by atoms with Crippen LogP contribution in [-0.2, 0) is 4.79 Å². The summed E-state index contributed by atoms with van der Waals surface area (Å²) in [4.78, 5) is 29.6. The van der Waals surface area contributed by atoms with Gasteiger partial charge in [0.25, 0.3) is 5.91 Å². The van der Waals surface area contributed by atoms with Gasteiger partial charge in [0, 0.05) is 18.7 Å². The SMILES string of the molecule is CCN(CCC(=O)O)C(=O)c1scnc1-c1ccccc1. The molecule has 0 radical (unpaired) electrons. The molecule has 110 valence electrons. The van der Waals surface area contributed by atoms with E-state index in [2.05, 4.69) is 4.98 Å². The standard InChI is InChI=1S/C15H16N2O3S/c1-2-17(9-8-12(18)19)15(20)14-13(16-10-21-14)11-6-4-3-5-7-11/h3-7,10H,2,8-9H2,1H3,(H,18,19). The highest BCUT2D eigenvalue weighted by Gasteiger charge is 2.21. The van der Waals surface area contributed by atoms with E-state index in [1.807, 2.05) is 37.3 Å². The van der Waals surface area contributed by atoms with Gasteiger partial charge in [-0.1, -0.05) is 30.3 Å². The van der Waals surface area contributed by atoms with E-state index in [9.17, 15) is 9.59 Å². The normalized spacial score (nSPS) is 10.3. The van der Waals surface area contributed by atoms with Crippen molar-refractivity contribution in [2.45, 2.75) is 13.3 Å². The molecule has 5 nitrogen and oxygen atoms in total. The number of carboxylic acid groups (broad SMARTS) is 1. The molecule has 1 N–H and O–H groups in total. The number of nitrogens with zero attached hydrogens (tertiary/aromatic N) is 2. The first-order valence-electron chi connectivity index (χ1n) is 6.63. The van der Waals surface area contributed by atoms with Gasteiger partial charge in [-0.3, -0.25) is 9.59 Å². The van der Waals surface area contributed by atoms with Crippen molar-refractivity contribution in [3.05, 3.63) is 40.7 Å². The second-order valence-electron chi connectivity index (χ2n) is 4.42. The van der Waals surface area contributed by atoms with Crippen LogP contribution < -0.4 is 0 Å². The van der Waals surface area contributed by atoms with Gasteiger partial charge < -0.3 is 10.0 Å². The fourth-order valence-corrected chi connectivity index (χ4v) is 2.75. The van der Waals surface area contributed by atoms with Crippen LogP contribution in [0.1, 0.15) is 23.0 Å². The van der Waals surface area contributed by atoms with E-state index >= 15 is 0 Å². The Morgan fingerprint density at radius 2 is 2.00 bits per heavy atom. The Kier molecular flexibility index (Phi) is 5.05. The molecule has 0 saturated heterocycles. The Morgan fingerprint density at radius 3 is 2.62 bits per heavy atom. The van der Waals surface area contributed by atoms with Crippen LogP contribution in [0, 0.1) is 0 Å². The Morgan fingerprint density at radius 1 is 1.29 bits per heavy atom. The van der Waals surface area contributed by atoms with Gasteiger partial charge in [0.2, 0.25) is 0 Å². The molecule has 1 aromatic carbocycles. The molecule has 0 aliphatic rings. The molecule has 0 fully saturated rings. The first-order valence-corrected chi connectivity index (χ1v) is 7.51. The third kappa shape index (κ3) is 3.66. The minimum absolute atomic E-state index is 0.0565. The molecule has 1 heterocycles. The molecular weight excluding hydrogens is 288 g/mol.